The molecule has 1 aromatic carbocycles. The Morgan fingerprint density at radius 3 is 2.39 bits per heavy atom. The van der Waals surface area contributed by atoms with Crippen LogP contribution in [0.25, 0.3) is 0 Å². The number of aromatic nitrogens is 5. The first-order chi connectivity index (χ1) is 29.8. The maximum atomic E-state index is 13.5. The number of nitrogens with one attached hydrogen (secondary N) is 1. The number of carbonyl (C=O) groups is 2. The molecule has 3 fully saturated rings. The molecule has 7 heterocycles. The number of hydrogen-bond acceptors (Lipinski definition) is 11. The second-order valence-electron chi connectivity index (χ2n) is 19.1. The molecule has 4 aromatic rings. The van der Waals surface area contributed by atoms with Crippen molar-refractivity contribution in [1.29, 1.82) is 5.26 Å². The van der Waals surface area contributed by atoms with Crippen LogP contribution in [0.2, 0.25) is 5.02 Å². The number of amides is 2. The first-order valence-electron chi connectivity index (χ1n) is 22.4. The number of nitriles is 1. The fraction of sp³-hybridized carbons (Fsp3) is 0.553. The fourth-order valence-corrected chi connectivity index (χ4v) is 11.5. The highest BCUT2D eigenvalue weighted by atomic mass is 35.5. The first kappa shape index (κ1) is 42.1. The van der Waals surface area contributed by atoms with Crippen LogP contribution in [0.5, 0.6) is 5.75 Å². The number of benzene rings is 1. The van der Waals surface area contributed by atoms with E-state index in [1.807, 2.05) is 17.2 Å². The Morgan fingerprint density at radius 1 is 0.952 bits per heavy atom. The van der Waals surface area contributed by atoms with Gasteiger partial charge in [0.1, 0.15) is 17.9 Å². The zero-order chi connectivity index (χ0) is 43.3. The number of halogens is 1. The van der Waals surface area contributed by atoms with Crippen LogP contribution in [0.3, 0.4) is 0 Å². The number of likely N-dealkylation sites (tertiary alicyclic amines) is 1. The lowest BCUT2D eigenvalue weighted by atomic mass is 9.49. The number of carbonyl (C=O) groups excluding carboxylic acids is 2. The van der Waals surface area contributed by atoms with Crippen LogP contribution in [0.4, 0.5) is 17.5 Å². The SMILES string of the molecule is CC(=O)N1CCc2c(c(N3CCCc4ncccc43)nn2C2CCN(CC3CCN(c4ncc(C(=O)NC5C(C)(C)C(Oc6ccc(C#N)c(Cl)c6)C5(C)C)cn4)CC3)CC2)C1. The van der Waals surface area contributed by atoms with Crippen LogP contribution in [0.1, 0.15) is 106 Å². The van der Waals surface area contributed by atoms with Crippen LogP contribution >= 0.6 is 11.6 Å². The number of piperidine rings is 2. The van der Waals surface area contributed by atoms with Crippen LogP contribution in [-0.2, 0) is 24.2 Å². The summed E-state index contributed by atoms with van der Waals surface area (Å²) in [4.78, 5) is 49.2. The minimum atomic E-state index is -0.371. The zero-order valence-electron chi connectivity index (χ0n) is 36.6. The van der Waals surface area contributed by atoms with Crippen molar-refractivity contribution in [3.8, 4) is 11.8 Å². The third kappa shape index (κ3) is 7.87. The predicted molar refractivity (Wildman–Crippen MR) is 238 cm³/mol. The number of ether oxygens (including phenoxy) is 1. The van der Waals surface area contributed by atoms with E-state index in [0.717, 1.165) is 108 Å². The van der Waals surface area contributed by atoms with Gasteiger partial charge in [-0.25, -0.2) is 9.97 Å². The topological polar surface area (TPSA) is 149 Å². The van der Waals surface area contributed by atoms with Crippen molar-refractivity contribution in [2.75, 3.05) is 55.6 Å². The third-order valence-corrected chi connectivity index (χ3v) is 14.7. The molecule has 14 nitrogen and oxygen atoms in total. The number of hydrogen-bond donors (Lipinski definition) is 1. The molecule has 1 aliphatic carbocycles. The Labute approximate surface area is 369 Å². The Hall–Kier alpha value is -5.26. The lowest BCUT2D eigenvalue weighted by Crippen LogP contribution is -2.74. The first-order valence-corrected chi connectivity index (χ1v) is 22.7. The molecule has 0 bridgehead atoms. The molecule has 0 atom stereocenters. The average Bonchev–Trinajstić information content (AvgIpc) is 3.66. The van der Waals surface area contributed by atoms with Gasteiger partial charge in [0, 0.05) is 112 Å². The lowest BCUT2D eigenvalue weighted by molar-refractivity contribution is -0.164. The third-order valence-electron chi connectivity index (χ3n) is 14.4. The molecule has 0 radical (unpaired) electrons. The lowest BCUT2D eigenvalue weighted by Gasteiger charge is -2.63. The number of aryl methyl sites for hydroxylation is 1. The van der Waals surface area contributed by atoms with E-state index in [4.69, 9.17) is 21.4 Å². The number of fused-ring (bicyclic) bond motifs is 2. The van der Waals surface area contributed by atoms with Gasteiger partial charge in [0.2, 0.25) is 11.9 Å². The van der Waals surface area contributed by atoms with Gasteiger partial charge >= 0.3 is 0 Å². The molecule has 62 heavy (non-hydrogen) atoms. The van der Waals surface area contributed by atoms with Crippen LogP contribution < -0.4 is 19.9 Å². The van der Waals surface area contributed by atoms with Gasteiger partial charge < -0.3 is 29.7 Å². The van der Waals surface area contributed by atoms with E-state index in [1.165, 1.54) is 11.3 Å². The van der Waals surface area contributed by atoms with Crippen LogP contribution in [0, 0.1) is 28.1 Å². The largest absolute Gasteiger partial charge is 0.489 e. The summed E-state index contributed by atoms with van der Waals surface area (Å²) in [5.74, 6) is 2.79. The van der Waals surface area contributed by atoms with Gasteiger partial charge in [0.25, 0.3) is 5.91 Å². The number of pyridine rings is 1. The molecule has 1 N–H and O–H groups in total. The molecular weight excluding hydrogens is 802 g/mol. The van der Waals surface area contributed by atoms with Gasteiger partial charge in [-0.3, -0.25) is 19.3 Å². The van der Waals surface area contributed by atoms with Crippen molar-refractivity contribution >= 4 is 40.9 Å². The molecule has 0 unspecified atom stereocenters. The van der Waals surface area contributed by atoms with Gasteiger partial charge in [-0.05, 0) is 68.7 Å². The molecule has 0 spiro atoms. The molecule has 15 heteroatoms. The van der Waals surface area contributed by atoms with Crippen molar-refractivity contribution in [2.24, 2.45) is 16.7 Å². The Morgan fingerprint density at radius 2 is 1.69 bits per heavy atom. The minimum absolute atomic E-state index is 0.119. The maximum Gasteiger partial charge on any atom is 0.254 e. The van der Waals surface area contributed by atoms with Crippen molar-refractivity contribution in [2.45, 2.75) is 104 Å². The minimum Gasteiger partial charge on any atom is -0.489 e. The smallest absolute Gasteiger partial charge is 0.254 e. The standard InChI is InChI=1S/C47H58ClN11O3/c1-30(60)57-23-16-39-36(29-57)41(58-18-7-8-38-40(58)9-6-17-50-38)54-59(39)34-14-19-55(20-15-34)28-31-12-21-56(22-13-31)45-51-26-33(27-52-45)42(61)53-43-46(2,3)44(47(43,4)5)62-35-11-10-32(25-49)37(48)24-35/h6,9-11,17,24,26-27,31,34,43-44H,7-8,12-16,18-23,28-29H2,1-5H3,(H,53,61). The summed E-state index contributed by atoms with van der Waals surface area (Å²) in [6, 6.07) is 11.5. The number of anilines is 3. The quantitative estimate of drug-likeness (QED) is 0.191. The molecule has 3 aromatic heterocycles. The highest BCUT2D eigenvalue weighted by molar-refractivity contribution is 6.31. The van der Waals surface area contributed by atoms with Crippen LogP contribution in [-0.4, -0.2) is 104 Å². The molecule has 1 saturated carbocycles. The second-order valence-corrected chi connectivity index (χ2v) is 19.6. The van der Waals surface area contributed by atoms with Gasteiger partial charge in [0.15, 0.2) is 5.82 Å². The number of nitrogens with zero attached hydrogens (tertiary/aromatic N) is 10. The summed E-state index contributed by atoms with van der Waals surface area (Å²) < 4.78 is 8.73. The van der Waals surface area contributed by atoms with E-state index in [9.17, 15) is 14.9 Å². The summed E-state index contributed by atoms with van der Waals surface area (Å²) in [6.07, 6.45) is 12.1. The van der Waals surface area contributed by atoms with Gasteiger partial charge in [-0.1, -0.05) is 39.3 Å². The molecule has 9 rings (SSSR count). The second kappa shape index (κ2) is 16.8. The van der Waals surface area contributed by atoms with Crippen LogP contribution in [0.15, 0.2) is 48.9 Å². The van der Waals surface area contributed by atoms with Crippen molar-refractivity contribution < 1.29 is 14.3 Å². The van der Waals surface area contributed by atoms with Crippen molar-refractivity contribution in [1.82, 2.24) is 39.8 Å². The van der Waals surface area contributed by atoms with E-state index in [0.29, 0.717) is 46.4 Å². The van der Waals surface area contributed by atoms with Gasteiger partial charge in [-0.2, -0.15) is 10.4 Å². The highest BCUT2D eigenvalue weighted by Crippen LogP contribution is 2.55. The Balaban J connectivity index is 0.766. The highest BCUT2D eigenvalue weighted by Gasteiger charge is 2.64. The normalized spacial score (nSPS) is 22.6. The van der Waals surface area contributed by atoms with E-state index in [-0.39, 0.29) is 34.8 Å². The predicted octanol–water partition coefficient (Wildman–Crippen LogP) is 6.75. The monoisotopic (exact) mass is 859 g/mol. The summed E-state index contributed by atoms with van der Waals surface area (Å²) in [5.41, 5.74) is 4.86. The molecular formula is C47H58ClN11O3. The number of rotatable bonds is 9. The van der Waals surface area contributed by atoms with E-state index >= 15 is 0 Å². The Bertz CT molecular complexity index is 2340. The summed E-state index contributed by atoms with van der Waals surface area (Å²) in [5, 5.41) is 18.2. The fourth-order valence-electron chi connectivity index (χ4n) is 11.3. The zero-order valence-corrected chi connectivity index (χ0v) is 37.4. The van der Waals surface area contributed by atoms with Gasteiger partial charge in [0.05, 0.1) is 40.1 Å². The molecule has 2 saturated heterocycles. The maximum absolute atomic E-state index is 13.5. The van der Waals surface area contributed by atoms with E-state index < -0.39 is 0 Å². The van der Waals surface area contributed by atoms with Crippen molar-refractivity contribution in [3.05, 3.63) is 82.0 Å². The van der Waals surface area contributed by atoms with Gasteiger partial charge in [-0.15, -0.1) is 0 Å². The average molecular weight is 861 g/mol. The molecule has 4 aliphatic heterocycles. The van der Waals surface area contributed by atoms with E-state index in [2.05, 4.69) is 79.5 Å². The molecule has 2 amide bonds. The molecule has 5 aliphatic rings. The van der Waals surface area contributed by atoms with Crippen molar-refractivity contribution in [3.63, 3.8) is 0 Å². The van der Waals surface area contributed by atoms with E-state index in [1.54, 1.807) is 37.5 Å². The summed E-state index contributed by atoms with van der Waals surface area (Å²) in [7, 11) is 0. The summed E-state index contributed by atoms with van der Waals surface area (Å²) >= 11 is 6.27. The summed E-state index contributed by atoms with van der Waals surface area (Å²) in [6.45, 7) is 17.2. The molecule has 326 valence electrons. The Kier molecular flexibility index (Phi) is 11.4.